The van der Waals surface area contributed by atoms with Gasteiger partial charge >= 0.3 is 11.9 Å². The minimum absolute atomic E-state index is 0.00905. The Morgan fingerprint density at radius 3 is 2.76 bits per heavy atom. The van der Waals surface area contributed by atoms with Crippen molar-refractivity contribution in [1.82, 2.24) is 5.32 Å². The van der Waals surface area contributed by atoms with Gasteiger partial charge in [0.25, 0.3) is 0 Å². The lowest BCUT2D eigenvalue weighted by Gasteiger charge is -2.27. The number of rotatable bonds is 6. The first-order valence-corrected chi connectivity index (χ1v) is 10.4. The van der Waals surface area contributed by atoms with Crippen LogP contribution in [-0.4, -0.2) is 47.2 Å². The number of fused-ring (bicyclic) bond motifs is 3. The summed E-state index contributed by atoms with van der Waals surface area (Å²) in [6.45, 7) is 8.46. The van der Waals surface area contributed by atoms with Crippen LogP contribution < -0.4 is 5.32 Å². The fourth-order valence-corrected chi connectivity index (χ4v) is 5.15. The first-order chi connectivity index (χ1) is 11.9. The van der Waals surface area contributed by atoms with Gasteiger partial charge in [-0.05, 0) is 50.0 Å². The molecule has 6 atom stereocenters. The van der Waals surface area contributed by atoms with Crippen LogP contribution in [0.5, 0.6) is 0 Å². The largest absolute Gasteiger partial charge is 0.480 e. The van der Waals surface area contributed by atoms with E-state index in [9.17, 15) is 14.7 Å². The fraction of sp³-hybridized carbons (Fsp3) is 0.684. The Hall–Kier alpha value is -1.27. The Labute approximate surface area is 153 Å². The van der Waals surface area contributed by atoms with E-state index in [0.29, 0.717) is 12.3 Å². The Bertz CT molecular complexity index is 590. The smallest absolute Gasteiger partial charge is 0.323 e. The number of nitrogens with one attached hydrogen (secondary N) is 1. The predicted molar refractivity (Wildman–Crippen MR) is 98.4 cm³/mol. The van der Waals surface area contributed by atoms with Crippen LogP contribution in [0, 0.1) is 17.8 Å². The van der Waals surface area contributed by atoms with Gasteiger partial charge < -0.3 is 9.84 Å². The Balaban J connectivity index is 1.80. The van der Waals surface area contributed by atoms with Crippen LogP contribution in [0.4, 0.5) is 0 Å². The number of carboxylic acid groups (broad SMARTS) is 1. The van der Waals surface area contributed by atoms with Crippen molar-refractivity contribution in [2.45, 2.75) is 50.3 Å². The zero-order chi connectivity index (χ0) is 18.1. The fourth-order valence-electron chi connectivity index (χ4n) is 4.68. The van der Waals surface area contributed by atoms with Crippen LogP contribution in [0.2, 0.25) is 0 Å². The monoisotopic (exact) mass is 365 g/mol. The second-order valence-electron chi connectivity index (χ2n) is 7.41. The highest BCUT2D eigenvalue weighted by molar-refractivity contribution is 7.98. The lowest BCUT2D eigenvalue weighted by Crippen LogP contribution is -2.49. The predicted octanol–water partition coefficient (Wildman–Crippen LogP) is 2.62. The third kappa shape index (κ3) is 3.51. The lowest BCUT2D eigenvalue weighted by atomic mass is 9.81. The summed E-state index contributed by atoms with van der Waals surface area (Å²) in [6, 6.07) is -1.27. The van der Waals surface area contributed by atoms with Crippen molar-refractivity contribution in [3.05, 3.63) is 24.3 Å². The number of hydrogen-bond donors (Lipinski definition) is 2. The van der Waals surface area contributed by atoms with E-state index in [0.717, 1.165) is 37.0 Å². The highest BCUT2D eigenvalue weighted by atomic mass is 32.2. The Kier molecular flexibility index (Phi) is 5.58. The van der Waals surface area contributed by atoms with Gasteiger partial charge in [0.1, 0.15) is 18.2 Å². The summed E-state index contributed by atoms with van der Waals surface area (Å²) in [4.78, 5) is 24.1. The molecule has 0 aromatic rings. The van der Waals surface area contributed by atoms with Crippen LogP contribution in [-0.2, 0) is 14.3 Å². The van der Waals surface area contributed by atoms with Crippen LogP contribution >= 0.6 is 11.8 Å². The van der Waals surface area contributed by atoms with Crippen molar-refractivity contribution < 1.29 is 19.4 Å². The number of esters is 1. The van der Waals surface area contributed by atoms with E-state index in [1.54, 1.807) is 11.8 Å². The SMILES string of the molecule is C=C1CC[C@H]2C(=C)CC[C@@H]3[C@H](OC(=O)[C@H]3N[C@@H](CCSC)C(=O)O)[C@@H]12. The summed E-state index contributed by atoms with van der Waals surface area (Å²) >= 11 is 1.60. The molecule has 5 nitrogen and oxygen atoms in total. The Morgan fingerprint density at radius 2 is 2.08 bits per heavy atom. The number of carbonyl (C=O) groups excluding carboxylic acids is 1. The zero-order valence-electron chi connectivity index (χ0n) is 14.7. The van der Waals surface area contributed by atoms with E-state index >= 15 is 0 Å². The first kappa shape index (κ1) is 18.5. The van der Waals surface area contributed by atoms with Crippen molar-refractivity contribution >= 4 is 23.7 Å². The number of hydrogen-bond acceptors (Lipinski definition) is 5. The molecule has 0 bridgehead atoms. The minimum Gasteiger partial charge on any atom is -0.480 e. The molecule has 3 fully saturated rings. The molecule has 0 spiro atoms. The summed E-state index contributed by atoms with van der Waals surface area (Å²) in [5.74, 6) is -0.00266. The van der Waals surface area contributed by atoms with E-state index in [-0.39, 0.29) is 23.9 Å². The molecule has 2 aliphatic carbocycles. The second-order valence-corrected chi connectivity index (χ2v) is 8.39. The van der Waals surface area contributed by atoms with E-state index in [1.807, 2.05) is 6.26 Å². The molecule has 0 radical (unpaired) electrons. The molecule has 3 rings (SSSR count). The highest BCUT2D eigenvalue weighted by Crippen LogP contribution is 2.50. The molecule has 138 valence electrons. The van der Waals surface area contributed by atoms with E-state index in [1.165, 1.54) is 5.57 Å². The zero-order valence-corrected chi connectivity index (χ0v) is 15.5. The van der Waals surface area contributed by atoms with Gasteiger partial charge in [-0.2, -0.15) is 11.8 Å². The van der Waals surface area contributed by atoms with E-state index in [2.05, 4.69) is 18.5 Å². The lowest BCUT2D eigenvalue weighted by molar-refractivity contribution is -0.145. The molecule has 0 unspecified atom stereocenters. The average molecular weight is 365 g/mol. The van der Waals surface area contributed by atoms with Crippen molar-refractivity contribution in [3.63, 3.8) is 0 Å². The molecular formula is C19H27NO4S. The summed E-state index contributed by atoms with van der Waals surface area (Å²) in [5.41, 5.74) is 2.37. The maximum atomic E-state index is 12.5. The standard InChI is InChI=1S/C19H27NO4S/c1-10-4-7-13-16(20-14(18(21)22)8-9-25-3)19(23)24-17(13)15-11(2)5-6-12(10)15/h12-17,20H,1-2,4-9H2,3H3,(H,21,22)/t12-,13-,14-,15-,16-,17-/m0/s1. The van der Waals surface area contributed by atoms with Crippen molar-refractivity contribution in [1.29, 1.82) is 0 Å². The van der Waals surface area contributed by atoms with Gasteiger partial charge in [-0.15, -0.1) is 0 Å². The number of carboxylic acids is 1. The summed E-state index contributed by atoms with van der Waals surface area (Å²) in [5, 5.41) is 12.6. The van der Waals surface area contributed by atoms with Gasteiger partial charge in [-0.1, -0.05) is 24.3 Å². The number of aliphatic carboxylic acids is 1. The summed E-state index contributed by atoms with van der Waals surface area (Å²) < 4.78 is 5.77. The van der Waals surface area contributed by atoms with Gasteiger partial charge in [0.2, 0.25) is 0 Å². The number of carbonyl (C=O) groups is 2. The molecule has 2 saturated carbocycles. The van der Waals surface area contributed by atoms with Gasteiger partial charge in [-0.3, -0.25) is 14.9 Å². The first-order valence-electron chi connectivity index (χ1n) is 8.97. The molecule has 0 amide bonds. The maximum absolute atomic E-state index is 12.5. The van der Waals surface area contributed by atoms with Crippen LogP contribution in [0.15, 0.2) is 24.3 Å². The molecule has 0 aromatic heterocycles. The number of ether oxygens (including phenoxy) is 1. The van der Waals surface area contributed by atoms with Crippen molar-refractivity contribution in [2.24, 2.45) is 17.8 Å². The van der Waals surface area contributed by atoms with Crippen LogP contribution in [0.1, 0.15) is 32.1 Å². The normalized spacial score (nSPS) is 35.7. The molecule has 1 aliphatic heterocycles. The molecular weight excluding hydrogens is 338 g/mol. The van der Waals surface area contributed by atoms with Crippen LogP contribution in [0.3, 0.4) is 0 Å². The van der Waals surface area contributed by atoms with Gasteiger partial charge in [0, 0.05) is 11.8 Å². The van der Waals surface area contributed by atoms with E-state index in [4.69, 9.17) is 4.74 Å². The maximum Gasteiger partial charge on any atom is 0.323 e. The van der Waals surface area contributed by atoms with Crippen molar-refractivity contribution in [3.8, 4) is 0 Å². The molecule has 6 heteroatoms. The van der Waals surface area contributed by atoms with Crippen LogP contribution in [0.25, 0.3) is 0 Å². The molecule has 25 heavy (non-hydrogen) atoms. The quantitative estimate of drug-likeness (QED) is 0.557. The molecule has 0 aromatic carbocycles. The van der Waals surface area contributed by atoms with E-state index < -0.39 is 18.1 Å². The highest BCUT2D eigenvalue weighted by Gasteiger charge is 2.53. The summed E-state index contributed by atoms with van der Waals surface area (Å²) in [7, 11) is 0. The van der Waals surface area contributed by atoms with Gasteiger partial charge in [0.15, 0.2) is 0 Å². The molecule has 1 heterocycles. The number of thioether (sulfide) groups is 1. The summed E-state index contributed by atoms with van der Waals surface area (Å²) in [6.07, 6.45) is 5.91. The topological polar surface area (TPSA) is 75.6 Å². The van der Waals surface area contributed by atoms with Crippen molar-refractivity contribution in [2.75, 3.05) is 12.0 Å². The third-order valence-corrected chi connectivity index (χ3v) is 6.65. The minimum atomic E-state index is -0.911. The Morgan fingerprint density at radius 1 is 1.36 bits per heavy atom. The molecule has 2 N–H and O–H groups in total. The second kappa shape index (κ2) is 7.54. The molecule has 1 saturated heterocycles. The third-order valence-electron chi connectivity index (χ3n) is 6.00. The average Bonchev–Trinajstić information content (AvgIpc) is 3.05. The van der Waals surface area contributed by atoms with Gasteiger partial charge in [-0.25, -0.2) is 0 Å². The number of allylic oxidation sites excluding steroid dienone is 1. The van der Waals surface area contributed by atoms with Gasteiger partial charge in [0.05, 0.1) is 0 Å². The molecule has 3 aliphatic rings.